The van der Waals surface area contributed by atoms with Crippen LogP contribution in [0.15, 0.2) is 109 Å². The summed E-state index contributed by atoms with van der Waals surface area (Å²) in [5.74, 6) is 1.94. The summed E-state index contributed by atoms with van der Waals surface area (Å²) in [5, 5.41) is 3.71. The van der Waals surface area contributed by atoms with Crippen LogP contribution >= 0.6 is 11.3 Å². The predicted octanol–water partition coefficient (Wildman–Crippen LogP) is 7.52. The van der Waals surface area contributed by atoms with E-state index < -0.39 is 0 Å². The maximum Gasteiger partial charge on any atom is 0.238 e. The van der Waals surface area contributed by atoms with Crippen molar-refractivity contribution in [2.45, 2.75) is 0 Å². The summed E-state index contributed by atoms with van der Waals surface area (Å²) in [6.07, 6.45) is 2.06. The number of hydrogen-bond donors (Lipinski definition) is 0. The molecule has 0 atom stereocenters. The van der Waals surface area contributed by atoms with Crippen molar-refractivity contribution in [1.82, 2.24) is 19.5 Å². The van der Waals surface area contributed by atoms with E-state index in [0.29, 0.717) is 17.6 Å². The van der Waals surface area contributed by atoms with Gasteiger partial charge < -0.3 is 0 Å². The summed E-state index contributed by atoms with van der Waals surface area (Å²) in [6, 6.07) is 35.3. The standard InChI is InChI=1S/C29H18N4S/c1-3-9-20(10-4-1)27-30-28(21-11-5-2-6-12-21)32-29(31-27)33-18-17-19-15-16-23-22-13-7-8-14-24(22)34-26(23)25(19)33/h1-18H. The zero-order valence-electron chi connectivity index (χ0n) is 18.1. The van der Waals surface area contributed by atoms with E-state index in [1.165, 1.54) is 25.6 Å². The van der Waals surface area contributed by atoms with Crippen molar-refractivity contribution in [2.75, 3.05) is 0 Å². The molecule has 0 saturated heterocycles. The highest BCUT2D eigenvalue weighted by Crippen LogP contribution is 2.39. The van der Waals surface area contributed by atoms with Gasteiger partial charge in [-0.3, -0.25) is 4.57 Å². The summed E-state index contributed by atoms with van der Waals surface area (Å²) >= 11 is 1.81. The molecule has 3 aromatic heterocycles. The van der Waals surface area contributed by atoms with Crippen LogP contribution < -0.4 is 0 Å². The van der Waals surface area contributed by atoms with Gasteiger partial charge in [0.15, 0.2) is 11.6 Å². The van der Waals surface area contributed by atoms with Crippen LogP contribution in [0.1, 0.15) is 0 Å². The van der Waals surface area contributed by atoms with E-state index in [1.807, 2.05) is 72.0 Å². The minimum atomic E-state index is 0.618. The van der Waals surface area contributed by atoms with Gasteiger partial charge in [0, 0.05) is 38.2 Å². The Morgan fingerprint density at radius 3 is 1.91 bits per heavy atom. The largest absolute Gasteiger partial charge is 0.284 e. The minimum Gasteiger partial charge on any atom is -0.284 e. The van der Waals surface area contributed by atoms with Gasteiger partial charge in [-0.25, -0.2) is 4.98 Å². The third kappa shape index (κ3) is 3.02. The minimum absolute atomic E-state index is 0.618. The van der Waals surface area contributed by atoms with E-state index in [0.717, 1.165) is 16.6 Å². The normalized spacial score (nSPS) is 11.5. The maximum absolute atomic E-state index is 4.93. The van der Waals surface area contributed by atoms with Crippen LogP contribution in [0, 0.1) is 0 Å². The molecule has 0 radical (unpaired) electrons. The molecule has 7 aromatic rings. The number of rotatable bonds is 3. The molecule has 160 valence electrons. The average molecular weight is 455 g/mol. The Morgan fingerprint density at radius 2 is 1.21 bits per heavy atom. The third-order valence-electron chi connectivity index (χ3n) is 6.10. The molecule has 0 aliphatic heterocycles. The highest BCUT2D eigenvalue weighted by molar-refractivity contribution is 7.26. The number of hydrogen-bond acceptors (Lipinski definition) is 4. The van der Waals surface area contributed by atoms with E-state index in [9.17, 15) is 0 Å². The van der Waals surface area contributed by atoms with Crippen molar-refractivity contribution in [3.05, 3.63) is 109 Å². The first-order chi connectivity index (χ1) is 16.8. The molecule has 0 unspecified atom stereocenters. The Morgan fingerprint density at radius 1 is 0.559 bits per heavy atom. The Labute approximate surface area is 199 Å². The fourth-order valence-corrected chi connectivity index (χ4v) is 5.73. The van der Waals surface area contributed by atoms with Crippen molar-refractivity contribution >= 4 is 42.4 Å². The van der Waals surface area contributed by atoms with Crippen LogP contribution in [0.4, 0.5) is 0 Å². The third-order valence-corrected chi connectivity index (χ3v) is 7.29. The SMILES string of the molecule is c1ccc(-c2nc(-c3ccccc3)nc(-n3ccc4ccc5c6ccccc6sc5c43)n2)cc1. The molecule has 0 spiro atoms. The second-order valence-electron chi connectivity index (χ2n) is 8.18. The van der Waals surface area contributed by atoms with Gasteiger partial charge in [-0.15, -0.1) is 11.3 Å². The van der Waals surface area contributed by atoms with Crippen molar-refractivity contribution in [3.8, 4) is 28.7 Å². The molecular weight excluding hydrogens is 436 g/mol. The molecule has 0 saturated carbocycles. The zero-order valence-corrected chi connectivity index (χ0v) is 18.9. The van der Waals surface area contributed by atoms with Gasteiger partial charge in [0.25, 0.3) is 0 Å². The smallest absolute Gasteiger partial charge is 0.238 e. The zero-order chi connectivity index (χ0) is 22.5. The Balaban J connectivity index is 1.53. The molecular formula is C29H18N4S. The second-order valence-corrected chi connectivity index (χ2v) is 9.23. The highest BCUT2D eigenvalue weighted by Gasteiger charge is 2.16. The summed E-state index contributed by atoms with van der Waals surface area (Å²) in [6.45, 7) is 0. The van der Waals surface area contributed by atoms with Crippen molar-refractivity contribution in [3.63, 3.8) is 0 Å². The molecule has 4 aromatic carbocycles. The summed E-state index contributed by atoms with van der Waals surface area (Å²) in [7, 11) is 0. The molecule has 0 bridgehead atoms. The quantitative estimate of drug-likeness (QED) is 0.277. The first-order valence-electron chi connectivity index (χ1n) is 11.1. The molecule has 4 nitrogen and oxygen atoms in total. The maximum atomic E-state index is 4.93. The van der Waals surface area contributed by atoms with Gasteiger partial charge in [0.2, 0.25) is 5.95 Å². The molecule has 0 N–H and O–H groups in total. The van der Waals surface area contributed by atoms with E-state index in [4.69, 9.17) is 15.0 Å². The van der Waals surface area contributed by atoms with Crippen LogP contribution in [-0.2, 0) is 0 Å². The van der Waals surface area contributed by atoms with Crippen LogP contribution in [-0.4, -0.2) is 19.5 Å². The lowest BCUT2D eigenvalue weighted by Crippen LogP contribution is -2.05. The van der Waals surface area contributed by atoms with E-state index in [-0.39, 0.29) is 0 Å². The number of aromatic nitrogens is 4. The monoisotopic (exact) mass is 454 g/mol. The van der Waals surface area contributed by atoms with Crippen LogP contribution in [0.2, 0.25) is 0 Å². The topological polar surface area (TPSA) is 43.6 Å². The number of benzene rings is 4. The van der Waals surface area contributed by atoms with Crippen molar-refractivity contribution < 1.29 is 0 Å². The van der Waals surface area contributed by atoms with Gasteiger partial charge in [0.1, 0.15) is 0 Å². The van der Waals surface area contributed by atoms with Gasteiger partial charge in [-0.1, -0.05) is 91.0 Å². The van der Waals surface area contributed by atoms with Crippen LogP contribution in [0.5, 0.6) is 0 Å². The first kappa shape index (κ1) is 19.1. The van der Waals surface area contributed by atoms with Crippen molar-refractivity contribution in [2.24, 2.45) is 0 Å². The predicted molar refractivity (Wildman–Crippen MR) is 140 cm³/mol. The van der Waals surface area contributed by atoms with Gasteiger partial charge in [-0.05, 0) is 12.1 Å². The molecule has 5 heteroatoms. The van der Waals surface area contributed by atoms with E-state index in [1.54, 1.807) is 0 Å². The van der Waals surface area contributed by atoms with Crippen molar-refractivity contribution in [1.29, 1.82) is 0 Å². The first-order valence-corrected chi connectivity index (χ1v) is 12.0. The molecule has 0 fully saturated rings. The Hall–Kier alpha value is -4.35. The van der Waals surface area contributed by atoms with Crippen LogP contribution in [0.25, 0.3) is 59.8 Å². The van der Waals surface area contributed by atoms with Gasteiger partial charge >= 0.3 is 0 Å². The average Bonchev–Trinajstić information content (AvgIpc) is 3.51. The molecule has 34 heavy (non-hydrogen) atoms. The Bertz CT molecular complexity index is 1740. The number of thiophene rings is 1. The Kier molecular flexibility index (Phi) is 4.29. The van der Waals surface area contributed by atoms with E-state index >= 15 is 0 Å². The summed E-state index contributed by atoms with van der Waals surface area (Å²) in [4.78, 5) is 14.7. The molecule has 3 heterocycles. The lowest BCUT2D eigenvalue weighted by molar-refractivity contribution is 0.935. The van der Waals surface area contributed by atoms with E-state index in [2.05, 4.69) is 53.2 Å². The number of fused-ring (bicyclic) bond motifs is 5. The summed E-state index contributed by atoms with van der Waals surface area (Å²) in [5.41, 5.74) is 3.06. The van der Waals surface area contributed by atoms with Gasteiger partial charge in [0.05, 0.1) is 10.2 Å². The molecule has 0 amide bonds. The lowest BCUT2D eigenvalue weighted by Gasteiger charge is -2.10. The molecule has 0 aliphatic rings. The summed E-state index contributed by atoms with van der Waals surface area (Å²) < 4.78 is 4.63. The van der Waals surface area contributed by atoms with Crippen LogP contribution in [0.3, 0.4) is 0 Å². The lowest BCUT2D eigenvalue weighted by atomic mass is 10.1. The van der Waals surface area contributed by atoms with Gasteiger partial charge in [-0.2, -0.15) is 9.97 Å². The fourth-order valence-electron chi connectivity index (χ4n) is 4.47. The number of nitrogens with zero attached hydrogens (tertiary/aromatic N) is 4. The second kappa shape index (κ2) is 7.61. The fraction of sp³-hybridized carbons (Fsp3) is 0. The molecule has 0 aliphatic carbocycles. The molecule has 7 rings (SSSR count). The highest BCUT2D eigenvalue weighted by atomic mass is 32.1.